The van der Waals surface area contributed by atoms with Crippen LogP contribution in [0, 0.1) is 0 Å². The summed E-state index contributed by atoms with van der Waals surface area (Å²) < 4.78 is 17.4. The maximum absolute atomic E-state index is 12.5. The smallest absolute Gasteiger partial charge is 0.333 e. The van der Waals surface area contributed by atoms with Crippen molar-refractivity contribution in [3.05, 3.63) is 132 Å². The highest BCUT2D eigenvalue weighted by Crippen LogP contribution is 2.26. The predicted molar refractivity (Wildman–Crippen MR) is 143 cm³/mol. The summed E-state index contributed by atoms with van der Waals surface area (Å²) in [5.74, 6) is 2.89. The van der Waals surface area contributed by atoms with Gasteiger partial charge in [0.05, 0.1) is 6.61 Å². The van der Waals surface area contributed by atoms with Crippen LogP contribution in [0.5, 0.6) is 23.0 Å². The molecule has 0 saturated carbocycles. The Bertz CT molecular complexity index is 1280. The Labute approximate surface area is 212 Å². The van der Waals surface area contributed by atoms with Gasteiger partial charge in [0.2, 0.25) is 0 Å². The first kappa shape index (κ1) is 24.8. The molecule has 0 radical (unpaired) electrons. The third-order valence-corrected chi connectivity index (χ3v) is 5.63. The molecule has 0 spiro atoms. The van der Waals surface area contributed by atoms with Crippen molar-refractivity contribution in [1.82, 2.24) is 0 Å². The largest absolute Gasteiger partial charge is 0.462 e. The fourth-order valence-corrected chi connectivity index (χ4v) is 3.72. The number of hydrogen-bond acceptors (Lipinski definition) is 4. The molecule has 0 atom stereocenters. The Morgan fingerprint density at radius 2 is 1.33 bits per heavy atom. The molecule has 0 aromatic heterocycles. The third-order valence-electron chi connectivity index (χ3n) is 5.63. The van der Waals surface area contributed by atoms with E-state index >= 15 is 0 Å². The maximum Gasteiger partial charge on any atom is 0.333 e. The van der Waals surface area contributed by atoms with Crippen molar-refractivity contribution >= 4 is 5.97 Å². The standard InChI is InChI=1S/C32H30O4/c1-25(12-10-15-27-14-8-9-21-31(27)36-29-18-6-3-7-19-29)32(33)34-23-22-26-13-11-20-30(24-26)35-28-16-4-2-5-17-28/h2-9,11-14,16-21,24H,10,15,22-23H2,1H3/b25-12+. The first-order chi connectivity index (χ1) is 17.7. The Balaban J connectivity index is 1.24. The van der Waals surface area contributed by atoms with Gasteiger partial charge in [-0.25, -0.2) is 4.79 Å². The molecule has 4 aromatic rings. The van der Waals surface area contributed by atoms with Crippen molar-refractivity contribution in [3.8, 4) is 23.0 Å². The molecule has 0 saturated heterocycles. The van der Waals surface area contributed by atoms with Crippen LogP contribution in [0.1, 0.15) is 24.5 Å². The monoisotopic (exact) mass is 478 g/mol. The van der Waals surface area contributed by atoms with Crippen LogP contribution in [0.2, 0.25) is 0 Å². The lowest BCUT2D eigenvalue weighted by molar-refractivity contribution is -0.138. The van der Waals surface area contributed by atoms with Crippen LogP contribution in [0.25, 0.3) is 0 Å². The van der Waals surface area contributed by atoms with E-state index in [4.69, 9.17) is 14.2 Å². The molecule has 4 rings (SSSR count). The summed E-state index contributed by atoms with van der Waals surface area (Å²) in [6.45, 7) is 2.11. The van der Waals surface area contributed by atoms with E-state index in [0.717, 1.165) is 47.0 Å². The van der Waals surface area contributed by atoms with Crippen LogP contribution in [0.15, 0.2) is 121 Å². The Kier molecular flexibility index (Phi) is 8.93. The number of ether oxygens (including phenoxy) is 3. The van der Waals surface area contributed by atoms with Crippen molar-refractivity contribution in [3.63, 3.8) is 0 Å². The fraction of sp³-hybridized carbons (Fsp3) is 0.156. The van der Waals surface area contributed by atoms with Gasteiger partial charge in [0, 0.05) is 12.0 Å². The first-order valence-electron chi connectivity index (χ1n) is 12.1. The zero-order chi connectivity index (χ0) is 25.0. The van der Waals surface area contributed by atoms with Gasteiger partial charge in [-0.05, 0) is 73.4 Å². The van der Waals surface area contributed by atoms with Crippen molar-refractivity contribution in [2.45, 2.75) is 26.2 Å². The SMILES string of the molecule is C/C(=C\CCc1ccccc1Oc1ccccc1)C(=O)OCCc1cccc(Oc2ccccc2)c1. The number of esters is 1. The molecule has 0 amide bonds. The lowest BCUT2D eigenvalue weighted by Gasteiger charge is -2.10. The van der Waals surface area contributed by atoms with Crippen LogP contribution < -0.4 is 9.47 Å². The first-order valence-corrected chi connectivity index (χ1v) is 12.1. The quantitative estimate of drug-likeness (QED) is 0.162. The molecule has 4 heteroatoms. The van der Waals surface area contributed by atoms with Gasteiger partial charge in [0.25, 0.3) is 0 Å². The molecular weight excluding hydrogens is 448 g/mol. The van der Waals surface area contributed by atoms with Crippen LogP contribution in [-0.2, 0) is 22.4 Å². The molecule has 4 nitrogen and oxygen atoms in total. The van der Waals surface area contributed by atoms with Crippen LogP contribution >= 0.6 is 0 Å². The molecule has 0 aliphatic carbocycles. The second-order valence-corrected chi connectivity index (χ2v) is 8.40. The second-order valence-electron chi connectivity index (χ2n) is 8.40. The summed E-state index contributed by atoms with van der Waals surface area (Å²) in [6.07, 6.45) is 4.03. The Morgan fingerprint density at radius 3 is 2.08 bits per heavy atom. The summed E-state index contributed by atoms with van der Waals surface area (Å²) in [5, 5.41) is 0. The summed E-state index contributed by atoms with van der Waals surface area (Å²) in [4.78, 5) is 12.5. The Morgan fingerprint density at radius 1 is 0.694 bits per heavy atom. The summed E-state index contributed by atoms with van der Waals surface area (Å²) in [6, 6.07) is 35.2. The van der Waals surface area contributed by atoms with E-state index in [1.54, 1.807) is 6.92 Å². The minimum absolute atomic E-state index is 0.291. The molecule has 0 aliphatic heterocycles. The average molecular weight is 479 g/mol. The number of carbonyl (C=O) groups excluding carboxylic acids is 1. The normalized spacial score (nSPS) is 11.1. The van der Waals surface area contributed by atoms with Gasteiger partial charge in [-0.15, -0.1) is 0 Å². The fourth-order valence-electron chi connectivity index (χ4n) is 3.72. The van der Waals surface area contributed by atoms with Gasteiger partial charge in [0.15, 0.2) is 0 Å². The number of allylic oxidation sites excluding steroid dienone is 1. The topological polar surface area (TPSA) is 44.8 Å². The van der Waals surface area contributed by atoms with E-state index in [1.807, 2.05) is 109 Å². The zero-order valence-electron chi connectivity index (χ0n) is 20.4. The molecule has 0 unspecified atom stereocenters. The minimum Gasteiger partial charge on any atom is -0.462 e. The van der Waals surface area contributed by atoms with E-state index in [1.165, 1.54) is 0 Å². The molecule has 182 valence electrons. The van der Waals surface area contributed by atoms with Crippen LogP contribution in [0.4, 0.5) is 0 Å². The van der Waals surface area contributed by atoms with E-state index in [9.17, 15) is 4.79 Å². The molecule has 4 aromatic carbocycles. The van der Waals surface area contributed by atoms with E-state index in [0.29, 0.717) is 18.6 Å². The van der Waals surface area contributed by atoms with Gasteiger partial charge >= 0.3 is 5.97 Å². The van der Waals surface area contributed by atoms with Crippen molar-refractivity contribution in [1.29, 1.82) is 0 Å². The van der Waals surface area contributed by atoms with Gasteiger partial charge in [-0.1, -0.05) is 72.8 Å². The molecule has 0 N–H and O–H groups in total. The van der Waals surface area contributed by atoms with Gasteiger partial charge in [-0.2, -0.15) is 0 Å². The van der Waals surface area contributed by atoms with E-state index < -0.39 is 0 Å². The molecule has 0 bridgehead atoms. The van der Waals surface area contributed by atoms with Gasteiger partial charge in [-0.3, -0.25) is 0 Å². The number of para-hydroxylation sites is 3. The van der Waals surface area contributed by atoms with Crippen LogP contribution in [-0.4, -0.2) is 12.6 Å². The third kappa shape index (κ3) is 7.60. The molecule has 0 fully saturated rings. The summed E-state index contributed by atoms with van der Waals surface area (Å²) in [7, 11) is 0. The summed E-state index contributed by atoms with van der Waals surface area (Å²) >= 11 is 0. The number of hydrogen-bond donors (Lipinski definition) is 0. The number of benzene rings is 4. The average Bonchev–Trinajstić information content (AvgIpc) is 2.91. The lowest BCUT2D eigenvalue weighted by Crippen LogP contribution is -2.09. The number of rotatable bonds is 11. The maximum atomic E-state index is 12.5. The van der Waals surface area contributed by atoms with Crippen molar-refractivity contribution in [2.75, 3.05) is 6.61 Å². The van der Waals surface area contributed by atoms with Crippen molar-refractivity contribution < 1.29 is 19.0 Å². The Hall–Kier alpha value is -4.31. The van der Waals surface area contributed by atoms with E-state index in [-0.39, 0.29) is 5.97 Å². The molecule has 36 heavy (non-hydrogen) atoms. The number of carbonyl (C=O) groups is 1. The lowest BCUT2D eigenvalue weighted by atomic mass is 10.1. The summed E-state index contributed by atoms with van der Waals surface area (Å²) in [5.41, 5.74) is 2.75. The number of aryl methyl sites for hydroxylation is 1. The highest BCUT2D eigenvalue weighted by molar-refractivity contribution is 5.87. The highest BCUT2D eigenvalue weighted by Gasteiger charge is 2.08. The van der Waals surface area contributed by atoms with Crippen LogP contribution in [0.3, 0.4) is 0 Å². The second kappa shape index (κ2) is 13.0. The van der Waals surface area contributed by atoms with Crippen molar-refractivity contribution in [2.24, 2.45) is 0 Å². The van der Waals surface area contributed by atoms with Gasteiger partial charge < -0.3 is 14.2 Å². The predicted octanol–water partition coefficient (Wildman–Crippen LogP) is 7.94. The minimum atomic E-state index is -0.291. The molecule has 0 aliphatic rings. The molecule has 0 heterocycles. The zero-order valence-corrected chi connectivity index (χ0v) is 20.4. The van der Waals surface area contributed by atoms with E-state index in [2.05, 4.69) is 6.07 Å². The van der Waals surface area contributed by atoms with Gasteiger partial charge in [0.1, 0.15) is 23.0 Å². The molecular formula is C32H30O4. The highest BCUT2D eigenvalue weighted by atomic mass is 16.5.